The SMILES string of the molecule is CN=C(NCCCN1CCCC1C(=O)N(C)C)NCc1ncc(C(C)(C)C)o1.I. The van der Waals surface area contributed by atoms with Crippen molar-refractivity contribution in [1.29, 1.82) is 0 Å². The minimum absolute atomic E-state index is 0. The maximum absolute atomic E-state index is 12.3. The van der Waals surface area contributed by atoms with Crippen LogP contribution >= 0.6 is 24.0 Å². The second-order valence-corrected chi connectivity index (χ2v) is 8.50. The maximum atomic E-state index is 12.3. The number of guanidine groups is 1. The molecule has 1 fully saturated rings. The predicted molar refractivity (Wildman–Crippen MR) is 127 cm³/mol. The van der Waals surface area contributed by atoms with E-state index in [0.717, 1.165) is 50.6 Å². The minimum Gasteiger partial charge on any atom is -0.443 e. The van der Waals surface area contributed by atoms with Gasteiger partial charge in [0.05, 0.1) is 18.8 Å². The highest BCUT2D eigenvalue weighted by atomic mass is 127. The van der Waals surface area contributed by atoms with Crippen molar-refractivity contribution in [2.24, 2.45) is 4.99 Å². The molecular weight excluding hydrogens is 483 g/mol. The molecule has 0 bridgehead atoms. The first-order valence-corrected chi connectivity index (χ1v) is 10.1. The van der Waals surface area contributed by atoms with Crippen molar-refractivity contribution < 1.29 is 9.21 Å². The van der Waals surface area contributed by atoms with Crippen LogP contribution in [0.15, 0.2) is 15.6 Å². The Morgan fingerprint density at radius 2 is 2.10 bits per heavy atom. The van der Waals surface area contributed by atoms with Gasteiger partial charge in [0.2, 0.25) is 11.8 Å². The second kappa shape index (κ2) is 11.7. The van der Waals surface area contributed by atoms with Crippen LogP contribution in [-0.2, 0) is 16.8 Å². The second-order valence-electron chi connectivity index (χ2n) is 8.50. The molecule has 0 aliphatic carbocycles. The van der Waals surface area contributed by atoms with E-state index in [0.29, 0.717) is 12.4 Å². The number of aliphatic imine (C=N–C) groups is 1. The Labute approximate surface area is 191 Å². The molecular formula is C20H37IN6O2. The van der Waals surface area contributed by atoms with Crippen molar-refractivity contribution in [3.63, 3.8) is 0 Å². The number of oxazole rings is 1. The summed E-state index contributed by atoms with van der Waals surface area (Å²) < 4.78 is 5.79. The van der Waals surface area contributed by atoms with E-state index in [1.165, 1.54) is 0 Å². The van der Waals surface area contributed by atoms with Crippen LogP contribution in [0.1, 0.15) is 51.7 Å². The topological polar surface area (TPSA) is 86.0 Å². The van der Waals surface area contributed by atoms with Crippen molar-refractivity contribution in [3.05, 3.63) is 17.8 Å². The lowest BCUT2D eigenvalue weighted by atomic mass is 9.94. The molecule has 1 aromatic rings. The summed E-state index contributed by atoms with van der Waals surface area (Å²) in [5.41, 5.74) is -0.0490. The van der Waals surface area contributed by atoms with Gasteiger partial charge >= 0.3 is 0 Å². The molecule has 29 heavy (non-hydrogen) atoms. The average molecular weight is 520 g/mol. The molecule has 1 saturated heterocycles. The lowest BCUT2D eigenvalue weighted by molar-refractivity contribution is -0.133. The van der Waals surface area contributed by atoms with Crippen molar-refractivity contribution in [2.75, 3.05) is 40.8 Å². The Morgan fingerprint density at radius 3 is 2.69 bits per heavy atom. The van der Waals surface area contributed by atoms with Crippen LogP contribution in [0.2, 0.25) is 0 Å². The lowest BCUT2D eigenvalue weighted by Gasteiger charge is -2.26. The van der Waals surface area contributed by atoms with Gasteiger partial charge in [0.15, 0.2) is 5.96 Å². The minimum atomic E-state index is -0.0490. The standard InChI is InChI=1S/C20H36N6O2.HI/c1-20(2,3)16-13-23-17(28-16)14-24-19(21-4)22-10-8-12-26-11-7-9-15(26)18(27)25(5)6;/h13,15H,7-12,14H2,1-6H3,(H2,21,22,24);1H. The summed E-state index contributed by atoms with van der Waals surface area (Å²) in [6.07, 6.45) is 4.79. The van der Waals surface area contributed by atoms with Gasteiger partial charge in [0.25, 0.3) is 0 Å². The molecule has 166 valence electrons. The Morgan fingerprint density at radius 1 is 1.38 bits per heavy atom. The van der Waals surface area contributed by atoms with E-state index in [2.05, 4.69) is 46.3 Å². The highest BCUT2D eigenvalue weighted by Crippen LogP contribution is 2.22. The van der Waals surface area contributed by atoms with Gasteiger partial charge in [-0.1, -0.05) is 20.8 Å². The number of nitrogens with zero attached hydrogens (tertiary/aromatic N) is 4. The van der Waals surface area contributed by atoms with Gasteiger partial charge in [-0.3, -0.25) is 14.7 Å². The van der Waals surface area contributed by atoms with Crippen LogP contribution < -0.4 is 10.6 Å². The number of carbonyl (C=O) groups is 1. The predicted octanol–water partition coefficient (Wildman–Crippen LogP) is 2.20. The van der Waals surface area contributed by atoms with E-state index >= 15 is 0 Å². The molecule has 0 spiro atoms. The Bertz CT molecular complexity index is 668. The largest absolute Gasteiger partial charge is 0.443 e. The number of amides is 1. The third kappa shape index (κ3) is 7.76. The first-order chi connectivity index (χ1) is 13.2. The average Bonchev–Trinajstić information content (AvgIpc) is 3.29. The van der Waals surface area contributed by atoms with Crippen LogP contribution in [0, 0.1) is 0 Å². The van der Waals surface area contributed by atoms with E-state index in [4.69, 9.17) is 4.42 Å². The summed E-state index contributed by atoms with van der Waals surface area (Å²) >= 11 is 0. The Kier molecular flexibility index (Phi) is 10.4. The Hall–Kier alpha value is -1.36. The van der Waals surface area contributed by atoms with E-state index in [-0.39, 0.29) is 41.3 Å². The summed E-state index contributed by atoms with van der Waals surface area (Å²) in [7, 11) is 5.40. The molecule has 1 aliphatic rings. The van der Waals surface area contributed by atoms with E-state index in [1.54, 1.807) is 18.1 Å². The van der Waals surface area contributed by atoms with Crippen LogP contribution in [-0.4, -0.2) is 73.5 Å². The van der Waals surface area contributed by atoms with Gasteiger partial charge in [-0.2, -0.15) is 0 Å². The number of likely N-dealkylation sites (tertiary alicyclic amines) is 1. The monoisotopic (exact) mass is 520 g/mol. The Balaban J connectivity index is 0.00000420. The summed E-state index contributed by atoms with van der Waals surface area (Å²) in [5.74, 6) is 2.45. The zero-order chi connectivity index (χ0) is 20.7. The molecule has 0 radical (unpaired) electrons. The quantitative estimate of drug-likeness (QED) is 0.248. The van der Waals surface area contributed by atoms with Crippen molar-refractivity contribution in [1.82, 2.24) is 25.4 Å². The number of aromatic nitrogens is 1. The molecule has 0 saturated carbocycles. The van der Waals surface area contributed by atoms with Crippen molar-refractivity contribution in [3.8, 4) is 0 Å². The summed E-state index contributed by atoms with van der Waals surface area (Å²) in [5, 5.41) is 6.54. The van der Waals surface area contributed by atoms with E-state index in [9.17, 15) is 4.79 Å². The van der Waals surface area contributed by atoms with E-state index < -0.39 is 0 Å². The zero-order valence-corrected chi connectivity index (χ0v) is 20.9. The third-order valence-electron chi connectivity index (χ3n) is 4.93. The highest BCUT2D eigenvalue weighted by Gasteiger charge is 2.31. The van der Waals surface area contributed by atoms with Gasteiger partial charge in [-0.25, -0.2) is 4.98 Å². The smallest absolute Gasteiger partial charge is 0.239 e. The maximum Gasteiger partial charge on any atom is 0.239 e. The fraction of sp³-hybridized carbons (Fsp3) is 0.750. The number of nitrogens with one attached hydrogen (secondary N) is 2. The normalized spacial score (nSPS) is 17.7. The van der Waals surface area contributed by atoms with E-state index in [1.807, 2.05) is 14.1 Å². The van der Waals surface area contributed by atoms with Gasteiger partial charge in [0.1, 0.15) is 5.76 Å². The van der Waals surface area contributed by atoms with Crippen LogP contribution in [0.25, 0.3) is 0 Å². The van der Waals surface area contributed by atoms with Gasteiger partial charge in [-0.15, -0.1) is 24.0 Å². The van der Waals surface area contributed by atoms with Crippen LogP contribution in [0.3, 0.4) is 0 Å². The number of likely N-dealkylation sites (N-methyl/N-ethyl adjacent to an activating group) is 1. The van der Waals surface area contributed by atoms with Crippen molar-refractivity contribution >= 4 is 35.8 Å². The zero-order valence-electron chi connectivity index (χ0n) is 18.6. The summed E-state index contributed by atoms with van der Waals surface area (Å²) in [6, 6.07) is 0.0366. The fourth-order valence-electron chi connectivity index (χ4n) is 3.28. The molecule has 8 nitrogen and oxygen atoms in total. The molecule has 1 atom stereocenters. The third-order valence-corrected chi connectivity index (χ3v) is 4.93. The fourth-order valence-corrected chi connectivity index (χ4v) is 3.28. The number of hydrogen-bond donors (Lipinski definition) is 2. The molecule has 1 amide bonds. The molecule has 2 N–H and O–H groups in total. The molecule has 9 heteroatoms. The van der Waals surface area contributed by atoms with Gasteiger partial charge in [-0.05, 0) is 25.8 Å². The highest BCUT2D eigenvalue weighted by molar-refractivity contribution is 14.0. The molecule has 1 unspecified atom stereocenters. The number of carbonyl (C=O) groups excluding carboxylic acids is 1. The number of rotatable bonds is 7. The summed E-state index contributed by atoms with van der Waals surface area (Å²) in [6.45, 7) is 9.48. The lowest BCUT2D eigenvalue weighted by Crippen LogP contribution is -2.44. The van der Waals surface area contributed by atoms with Gasteiger partial charge in [0, 0.05) is 39.6 Å². The van der Waals surface area contributed by atoms with Crippen LogP contribution in [0.4, 0.5) is 0 Å². The first kappa shape index (κ1) is 25.7. The number of halogens is 1. The van der Waals surface area contributed by atoms with Gasteiger partial charge < -0.3 is 20.0 Å². The molecule has 2 heterocycles. The summed E-state index contributed by atoms with van der Waals surface area (Å²) in [4.78, 5) is 24.8. The van der Waals surface area contributed by atoms with Crippen LogP contribution in [0.5, 0.6) is 0 Å². The molecule has 1 aromatic heterocycles. The first-order valence-electron chi connectivity index (χ1n) is 10.1. The van der Waals surface area contributed by atoms with Crippen molar-refractivity contribution in [2.45, 2.75) is 58.0 Å². The number of hydrogen-bond acceptors (Lipinski definition) is 5. The molecule has 0 aromatic carbocycles. The molecule has 2 rings (SSSR count). The molecule has 1 aliphatic heterocycles.